The molecule has 0 saturated carbocycles. The zero-order chi connectivity index (χ0) is 17.1. The fraction of sp³-hybridized carbons (Fsp3) is 0.350. The molecule has 0 aromatic heterocycles. The van der Waals surface area contributed by atoms with E-state index in [1.807, 2.05) is 58.0 Å². The van der Waals surface area contributed by atoms with Gasteiger partial charge in [0, 0.05) is 17.0 Å². The highest BCUT2D eigenvalue weighted by Gasteiger charge is 2.19. The van der Waals surface area contributed by atoms with Crippen molar-refractivity contribution in [3.05, 3.63) is 64.2 Å². The molecule has 0 saturated heterocycles. The number of rotatable bonds is 5. The second-order valence-corrected chi connectivity index (χ2v) is 6.74. The summed E-state index contributed by atoms with van der Waals surface area (Å²) >= 11 is 5.86. The van der Waals surface area contributed by atoms with Crippen LogP contribution < -0.4 is 0 Å². The normalized spacial score (nSPS) is 11.3. The summed E-state index contributed by atoms with van der Waals surface area (Å²) in [6.07, 6.45) is 0. The number of ketones is 1. The lowest BCUT2D eigenvalue weighted by atomic mass is 9.89. The molecule has 0 amide bonds. The topological polar surface area (TPSA) is 37.3 Å². The summed E-state index contributed by atoms with van der Waals surface area (Å²) in [5.41, 5.74) is 3.78. The molecule has 0 unspecified atom stereocenters. The highest BCUT2D eigenvalue weighted by molar-refractivity contribution is 6.17. The number of hydrogen-bond acceptors (Lipinski definition) is 2. The van der Waals surface area contributed by atoms with Crippen molar-refractivity contribution in [2.45, 2.75) is 45.4 Å². The van der Waals surface area contributed by atoms with Crippen LogP contribution in [0.4, 0.5) is 0 Å². The van der Waals surface area contributed by atoms with Gasteiger partial charge in [-0.15, -0.1) is 11.6 Å². The Bertz CT molecular complexity index is 688. The van der Waals surface area contributed by atoms with Crippen molar-refractivity contribution in [3.63, 3.8) is 0 Å². The smallest absolute Gasteiger partial charge is 0.193 e. The number of alkyl halides is 1. The minimum atomic E-state index is -0.0410. The summed E-state index contributed by atoms with van der Waals surface area (Å²) < 4.78 is 0. The van der Waals surface area contributed by atoms with E-state index in [-0.39, 0.29) is 17.6 Å². The predicted octanol–water partition coefficient (Wildman–Crippen LogP) is 5.61. The van der Waals surface area contributed by atoms with E-state index in [2.05, 4.69) is 0 Å². The quantitative estimate of drug-likeness (QED) is 0.571. The maximum Gasteiger partial charge on any atom is 0.193 e. The summed E-state index contributed by atoms with van der Waals surface area (Å²) in [4.78, 5) is 12.9. The Morgan fingerprint density at radius 3 is 2.04 bits per heavy atom. The molecule has 3 heteroatoms. The van der Waals surface area contributed by atoms with E-state index in [4.69, 9.17) is 11.6 Å². The summed E-state index contributed by atoms with van der Waals surface area (Å²) in [6.45, 7) is 8.06. The Morgan fingerprint density at radius 2 is 1.57 bits per heavy atom. The van der Waals surface area contributed by atoms with Crippen LogP contribution >= 0.6 is 11.6 Å². The minimum Gasteiger partial charge on any atom is -0.507 e. The highest BCUT2D eigenvalue weighted by Crippen LogP contribution is 2.35. The van der Waals surface area contributed by atoms with Gasteiger partial charge in [0.1, 0.15) is 5.75 Å². The van der Waals surface area contributed by atoms with Gasteiger partial charge in [0.25, 0.3) is 0 Å². The second kappa shape index (κ2) is 7.18. The molecule has 0 aliphatic rings. The molecule has 1 N–H and O–H groups in total. The third kappa shape index (κ3) is 3.76. The minimum absolute atomic E-state index is 0.0410. The maximum atomic E-state index is 12.9. The van der Waals surface area contributed by atoms with E-state index in [0.29, 0.717) is 22.8 Å². The van der Waals surface area contributed by atoms with E-state index >= 15 is 0 Å². The van der Waals surface area contributed by atoms with Crippen LogP contribution in [0.2, 0.25) is 0 Å². The Hall–Kier alpha value is -1.80. The van der Waals surface area contributed by atoms with Gasteiger partial charge in [-0.05, 0) is 46.7 Å². The van der Waals surface area contributed by atoms with E-state index in [9.17, 15) is 9.90 Å². The molecular weight excluding hydrogens is 308 g/mol. The third-order valence-electron chi connectivity index (χ3n) is 4.02. The zero-order valence-corrected chi connectivity index (χ0v) is 14.8. The highest BCUT2D eigenvalue weighted by atomic mass is 35.5. The van der Waals surface area contributed by atoms with Gasteiger partial charge in [0.05, 0.1) is 0 Å². The molecule has 0 spiro atoms. The molecular formula is C20H23ClO2. The van der Waals surface area contributed by atoms with Crippen LogP contribution in [0, 0.1) is 0 Å². The first-order chi connectivity index (χ1) is 10.8. The summed E-state index contributed by atoms with van der Waals surface area (Å²) in [7, 11) is 0. The molecule has 0 radical (unpaired) electrons. The molecule has 0 heterocycles. The Morgan fingerprint density at radius 1 is 1.00 bits per heavy atom. The Labute approximate surface area is 143 Å². The number of halogens is 1. The summed E-state index contributed by atoms with van der Waals surface area (Å²) in [6, 6.07) is 11.0. The van der Waals surface area contributed by atoms with Gasteiger partial charge < -0.3 is 5.11 Å². The number of hydrogen-bond donors (Lipinski definition) is 1. The van der Waals surface area contributed by atoms with Gasteiger partial charge in [0.2, 0.25) is 0 Å². The molecule has 0 aliphatic carbocycles. The van der Waals surface area contributed by atoms with E-state index in [0.717, 1.165) is 16.7 Å². The van der Waals surface area contributed by atoms with Crippen molar-refractivity contribution in [3.8, 4) is 5.75 Å². The average Bonchev–Trinajstić information content (AvgIpc) is 2.53. The second-order valence-electron chi connectivity index (χ2n) is 6.48. The van der Waals surface area contributed by atoms with Crippen LogP contribution in [0.15, 0.2) is 36.4 Å². The lowest BCUT2D eigenvalue weighted by Gasteiger charge is -2.17. The van der Waals surface area contributed by atoms with Crippen molar-refractivity contribution in [1.82, 2.24) is 0 Å². The van der Waals surface area contributed by atoms with Gasteiger partial charge >= 0.3 is 0 Å². The fourth-order valence-electron chi connectivity index (χ4n) is 2.65. The Balaban J connectivity index is 2.55. The molecule has 2 rings (SSSR count). The van der Waals surface area contributed by atoms with Crippen molar-refractivity contribution >= 4 is 17.4 Å². The van der Waals surface area contributed by atoms with Gasteiger partial charge in [0.15, 0.2) is 5.78 Å². The first-order valence-electron chi connectivity index (χ1n) is 7.91. The van der Waals surface area contributed by atoms with Crippen LogP contribution in [0.25, 0.3) is 0 Å². The van der Waals surface area contributed by atoms with Crippen molar-refractivity contribution in [2.24, 2.45) is 0 Å². The van der Waals surface area contributed by atoms with Crippen LogP contribution in [0.5, 0.6) is 5.75 Å². The fourth-order valence-corrected chi connectivity index (χ4v) is 2.82. The molecule has 2 aromatic rings. The predicted molar refractivity (Wildman–Crippen MR) is 95.7 cm³/mol. The van der Waals surface area contributed by atoms with Crippen LogP contribution in [0.1, 0.15) is 72.1 Å². The maximum absolute atomic E-state index is 12.9. The van der Waals surface area contributed by atoms with Gasteiger partial charge in [-0.1, -0.05) is 45.9 Å². The Kier molecular flexibility index (Phi) is 5.48. The van der Waals surface area contributed by atoms with Gasteiger partial charge in [-0.25, -0.2) is 0 Å². The van der Waals surface area contributed by atoms with Crippen molar-refractivity contribution in [2.75, 3.05) is 0 Å². The number of benzene rings is 2. The van der Waals surface area contributed by atoms with E-state index in [1.54, 1.807) is 6.07 Å². The van der Waals surface area contributed by atoms with Crippen molar-refractivity contribution < 1.29 is 9.90 Å². The third-order valence-corrected chi connectivity index (χ3v) is 4.33. The standard InChI is InChI=1S/C20H23ClO2/c1-12(2)17-9-16(10-18(13(3)4)20(17)23)19(22)15-7-5-6-14(8-15)11-21/h5-10,12-13,23H,11H2,1-4H3. The number of carbonyl (C=O) groups is 1. The molecule has 0 aliphatic heterocycles. The molecule has 0 atom stereocenters. The monoisotopic (exact) mass is 330 g/mol. The van der Waals surface area contributed by atoms with Crippen LogP contribution in [-0.4, -0.2) is 10.9 Å². The molecule has 23 heavy (non-hydrogen) atoms. The summed E-state index contributed by atoms with van der Waals surface area (Å²) in [5.74, 6) is 0.941. The van der Waals surface area contributed by atoms with E-state index in [1.165, 1.54) is 0 Å². The lowest BCUT2D eigenvalue weighted by molar-refractivity contribution is 0.103. The zero-order valence-electron chi connectivity index (χ0n) is 14.1. The number of phenolic OH excluding ortho intramolecular Hbond substituents is 1. The average molecular weight is 331 g/mol. The first-order valence-corrected chi connectivity index (χ1v) is 8.45. The lowest BCUT2D eigenvalue weighted by Crippen LogP contribution is -2.06. The van der Waals surface area contributed by atoms with Crippen LogP contribution in [0.3, 0.4) is 0 Å². The molecule has 122 valence electrons. The molecule has 2 nitrogen and oxygen atoms in total. The largest absolute Gasteiger partial charge is 0.507 e. The molecule has 0 bridgehead atoms. The van der Waals surface area contributed by atoms with Crippen LogP contribution in [-0.2, 0) is 5.88 Å². The van der Waals surface area contributed by atoms with Crippen molar-refractivity contribution in [1.29, 1.82) is 0 Å². The molecule has 0 fully saturated rings. The van der Waals surface area contributed by atoms with E-state index < -0.39 is 0 Å². The first kappa shape index (κ1) is 17.6. The summed E-state index contributed by atoms with van der Waals surface area (Å²) in [5, 5.41) is 10.5. The SMILES string of the molecule is CC(C)c1cc(C(=O)c2cccc(CCl)c2)cc(C(C)C)c1O. The van der Waals surface area contributed by atoms with Gasteiger partial charge in [-0.2, -0.15) is 0 Å². The molecule has 2 aromatic carbocycles. The van der Waals surface area contributed by atoms with Gasteiger partial charge in [-0.3, -0.25) is 4.79 Å². The number of phenols is 1. The number of aromatic hydroxyl groups is 1. The number of carbonyl (C=O) groups excluding carboxylic acids is 1.